The normalized spacial score (nSPS) is 39.5. The van der Waals surface area contributed by atoms with E-state index in [4.69, 9.17) is 0 Å². The van der Waals surface area contributed by atoms with Crippen LogP contribution in [0.2, 0.25) is 0 Å². The molecule has 2 heterocycles. The summed E-state index contributed by atoms with van der Waals surface area (Å²) in [4.78, 5) is 0. The fraction of sp³-hybridized carbons (Fsp3) is 1.00. The number of rotatable bonds is 2. The molecule has 1 N–H and O–H groups in total. The lowest BCUT2D eigenvalue weighted by molar-refractivity contribution is 0.223. The van der Waals surface area contributed by atoms with E-state index in [0.29, 0.717) is 17.5 Å². The maximum Gasteiger partial charge on any atom is 0.0249 e. The molecule has 2 aliphatic heterocycles. The van der Waals surface area contributed by atoms with Crippen LogP contribution in [0.5, 0.6) is 0 Å². The van der Waals surface area contributed by atoms with Crippen molar-refractivity contribution in [3.8, 4) is 0 Å². The van der Waals surface area contributed by atoms with Crippen LogP contribution >= 0.6 is 11.8 Å². The van der Waals surface area contributed by atoms with Crippen LogP contribution in [-0.4, -0.2) is 39.3 Å². The predicted molar refractivity (Wildman–Crippen MR) is 73.5 cm³/mol. The van der Waals surface area contributed by atoms with Gasteiger partial charge in [0.2, 0.25) is 0 Å². The van der Waals surface area contributed by atoms with Crippen LogP contribution < -0.4 is 5.32 Å². The van der Waals surface area contributed by atoms with Gasteiger partial charge in [0, 0.05) is 40.1 Å². The zero-order valence-electron chi connectivity index (χ0n) is 10.3. The quantitative estimate of drug-likeness (QED) is 0.824. The maximum atomic E-state index is 11.3. The van der Waals surface area contributed by atoms with E-state index in [9.17, 15) is 4.21 Å². The molecule has 0 bridgehead atoms. The molecule has 0 spiro atoms. The highest BCUT2D eigenvalue weighted by molar-refractivity contribution is 7.99. The van der Waals surface area contributed by atoms with E-state index in [2.05, 4.69) is 30.9 Å². The second-order valence-electron chi connectivity index (χ2n) is 5.66. The Morgan fingerprint density at radius 2 is 2.00 bits per heavy atom. The second-order valence-corrected chi connectivity index (χ2v) is 8.50. The molecule has 0 aromatic carbocycles. The summed E-state index contributed by atoms with van der Waals surface area (Å²) in [5, 5.41) is 3.81. The SMILES string of the molecule is CC1(C)CCSCC1NC1CCS(=O)CC1. The first-order valence-electron chi connectivity index (χ1n) is 6.27. The largest absolute Gasteiger partial charge is 0.310 e. The Balaban J connectivity index is 1.86. The predicted octanol–water partition coefficient (Wildman–Crippen LogP) is 2.02. The molecule has 2 saturated heterocycles. The standard InChI is InChI=1S/C12H23NOS2/c1-12(2)5-6-15-9-11(12)13-10-3-7-16(14)8-4-10/h10-11,13H,3-9H2,1-2H3. The van der Waals surface area contributed by atoms with E-state index >= 15 is 0 Å². The third kappa shape index (κ3) is 3.23. The van der Waals surface area contributed by atoms with Crippen LogP contribution in [0.4, 0.5) is 0 Å². The molecule has 0 aromatic rings. The molecule has 1 atom stereocenters. The van der Waals surface area contributed by atoms with Crippen LogP contribution in [0.15, 0.2) is 0 Å². The number of hydrogen-bond donors (Lipinski definition) is 1. The molecule has 2 fully saturated rings. The average Bonchev–Trinajstić information content (AvgIpc) is 2.24. The van der Waals surface area contributed by atoms with E-state index in [1.54, 1.807) is 0 Å². The number of hydrogen-bond acceptors (Lipinski definition) is 3. The molecule has 0 aliphatic carbocycles. The molecule has 2 rings (SSSR count). The van der Waals surface area contributed by atoms with Gasteiger partial charge in [-0.2, -0.15) is 11.8 Å². The highest BCUT2D eigenvalue weighted by Gasteiger charge is 2.34. The minimum atomic E-state index is -0.532. The molecule has 0 amide bonds. The van der Waals surface area contributed by atoms with Gasteiger partial charge in [-0.3, -0.25) is 4.21 Å². The molecule has 4 heteroatoms. The number of thioether (sulfide) groups is 1. The summed E-state index contributed by atoms with van der Waals surface area (Å²) in [6, 6.07) is 1.25. The lowest BCUT2D eigenvalue weighted by Gasteiger charge is -2.41. The van der Waals surface area contributed by atoms with Gasteiger partial charge in [-0.05, 0) is 30.4 Å². The smallest absolute Gasteiger partial charge is 0.0249 e. The van der Waals surface area contributed by atoms with Crippen LogP contribution in [0, 0.1) is 5.41 Å². The summed E-state index contributed by atoms with van der Waals surface area (Å²) in [5.74, 6) is 4.35. The maximum absolute atomic E-state index is 11.3. The van der Waals surface area contributed by atoms with E-state index in [0.717, 1.165) is 24.3 Å². The molecule has 0 aromatic heterocycles. The third-order valence-electron chi connectivity index (χ3n) is 3.94. The van der Waals surface area contributed by atoms with E-state index in [1.807, 2.05) is 0 Å². The Morgan fingerprint density at radius 3 is 2.62 bits per heavy atom. The summed E-state index contributed by atoms with van der Waals surface area (Å²) >= 11 is 2.07. The summed E-state index contributed by atoms with van der Waals surface area (Å²) < 4.78 is 11.3. The van der Waals surface area contributed by atoms with Crippen molar-refractivity contribution < 1.29 is 4.21 Å². The van der Waals surface area contributed by atoms with Gasteiger partial charge in [0.25, 0.3) is 0 Å². The zero-order valence-corrected chi connectivity index (χ0v) is 12.0. The first-order chi connectivity index (χ1) is 7.58. The third-order valence-corrected chi connectivity index (χ3v) is 6.39. The Morgan fingerprint density at radius 1 is 1.31 bits per heavy atom. The van der Waals surface area contributed by atoms with Crippen molar-refractivity contribution in [1.29, 1.82) is 0 Å². The summed E-state index contributed by atoms with van der Waals surface area (Å²) in [6.07, 6.45) is 3.52. The summed E-state index contributed by atoms with van der Waals surface area (Å²) in [6.45, 7) is 4.76. The van der Waals surface area contributed by atoms with Crippen molar-refractivity contribution in [2.75, 3.05) is 23.0 Å². The van der Waals surface area contributed by atoms with Gasteiger partial charge >= 0.3 is 0 Å². The van der Waals surface area contributed by atoms with Gasteiger partial charge in [0.05, 0.1) is 0 Å². The molecule has 16 heavy (non-hydrogen) atoms. The molecule has 2 aliphatic rings. The first kappa shape index (κ1) is 12.9. The van der Waals surface area contributed by atoms with E-state index < -0.39 is 10.8 Å². The van der Waals surface area contributed by atoms with Crippen LogP contribution in [0.3, 0.4) is 0 Å². The highest BCUT2D eigenvalue weighted by atomic mass is 32.2. The van der Waals surface area contributed by atoms with Crippen molar-refractivity contribution >= 4 is 22.6 Å². The topological polar surface area (TPSA) is 29.1 Å². The molecule has 0 saturated carbocycles. The summed E-state index contributed by atoms with van der Waals surface area (Å²) in [5.41, 5.74) is 0.432. The van der Waals surface area contributed by atoms with Gasteiger partial charge in [0.1, 0.15) is 0 Å². The Labute approximate surface area is 106 Å². The van der Waals surface area contributed by atoms with E-state index in [-0.39, 0.29) is 0 Å². The second kappa shape index (κ2) is 5.40. The highest BCUT2D eigenvalue weighted by Crippen LogP contribution is 2.34. The van der Waals surface area contributed by atoms with Crippen molar-refractivity contribution in [3.63, 3.8) is 0 Å². The molecular weight excluding hydrogens is 238 g/mol. The number of nitrogens with one attached hydrogen (secondary N) is 1. The minimum absolute atomic E-state index is 0.432. The molecule has 2 nitrogen and oxygen atoms in total. The van der Waals surface area contributed by atoms with Crippen molar-refractivity contribution in [2.45, 2.75) is 45.2 Å². The van der Waals surface area contributed by atoms with Crippen molar-refractivity contribution in [1.82, 2.24) is 5.32 Å². The van der Waals surface area contributed by atoms with Crippen molar-refractivity contribution in [3.05, 3.63) is 0 Å². The van der Waals surface area contributed by atoms with E-state index in [1.165, 1.54) is 17.9 Å². The molecule has 94 valence electrons. The molecule has 1 unspecified atom stereocenters. The van der Waals surface area contributed by atoms with Gasteiger partial charge < -0.3 is 5.32 Å². The monoisotopic (exact) mass is 261 g/mol. The Hall–Kier alpha value is 0.460. The first-order valence-corrected chi connectivity index (χ1v) is 8.91. The van der Waals surface area contributed by atoms with Gasteiger partial charge in [0.15, 0.2) is 0 Å². The minimum Gasteiger partial charge on any atom is -0.310 e. The molecular formula is C12H23NOS2. The fourth-order valence-electron chi connectivity index (χ4n) is 2.45. The zero-order chi connectivity index (χ0) is 11.6. The Bertz CT molecular complexity index is 258. The average molecular weight is 261 g/mol. The van der Waals surface area contributed by atoms with Crippen LogP contribution in [0.1, 0.15) is 33.1 Å². The van der Waals surface area contributed by atoms with Gasteiger partial charge in [-0.25, -0.2) is 0 Å². The van der Waals surface area contributed by atoms with Crippen molar-refractivity contribution in [2.24, 2.45) is 5.41 Å². The fourth-order valence-corrected chi connectivity index (χ4v) is 5.37. The van der Waals surface area contributed by atoms with Gasteiger partial charge in [-0.1, -0.05) is 13.8 Å². The van der Waals surface area contributed by atoms with Gasteiger partial charge in [-0.15, -0.1) is 0 Å². The Kier molecular flexibility index (Phi) is 4.36. The summed E-state index contributed by atoms with van der Waals surface area (Å²) in [7, 11) is -0.532. The van der Waals surface area contributed by atoms with Crippen LogP contribution in [0.25, 0.3) is 0 Å². The lowest BCUT2D eigenvalue weighted by Crippen LogP contribution is -2.52. The van der Waals surface area contributed by atoms with Crippen LogP contribution in [-0.2, 0) is 10.8 Å². The molecule has 0 radical (unpaired) electrons. The lowest BCUT2D eigenvalue weighted by atomic mass is 9.81.